The number of Topliss-reactive ketones (excluding diaryl/α,β-unsaturated/α-hetero) is 1. The van der Waals surface area contributed by atoms with Crippen molar-refractivity contribution in [3.63, 3.8) is 0 Å². The van der Waals surface area contributed by atoms with Gasteiger partial charge in [-0.3, -0.25) is 9.78 Å². The number of ether oxygens (including phenoxy) is 1. The number of carbonyl (C=O) groups is 1. The molecule has 3 aliphatic rings. The van der Waals surface area contributed by atoms with E-state index in [1.54, 1.807) is 6.07 Å². The van der Waals surface area contributed by atoms with E-state index in [2.05, 4.69) is 10.3 Å². The number of rotatable bonds is 8. The number of methoxy groups -OCH3 is 1. The van der Waals surface area contributed by atoms with Crippen LogP contribution in [0.1, 0.15) is 48.0 Å². The first kappa shape index (κ1) is 25.5. The van der Waals surface area contributed by atoms with Crippen LogP contribution < -0.4 is 10.1 Å². The second-order valence-electron chi connectivity index (χ2n) is 9.77. The number of fused-ring (bicyclic) bond motifs is 1. The summed E-state index contributed by atoms with van der Waals surface area (Å²) < 4.78 is 34.1. The quantitative estimate of drug-likeness (QED) is 0.185. The minimum absolute atomic E-state index is 0.0319. The zero-order valence-electron chi connectivity index (χ0n) is 21.4. The molecule has 2 aliphatic carbocycles. The fourth-order valence-corrected chi connectivity index (χ4v) is 5.27. The second-order valence-corrected chi connectivity index (χ2v) is 9.77. The first-order valence-electron chi connectivity index (χ1n) is 12.8. The van der Waals surface area contributed by atoms with Crippen LogP contribution >= 0.6 is 0 Å². The van der Waals surface area contributed by atoms with Crippen molar-refractivity contribution < 1.29 is 18.3 Å². The van der Waals surface area contributed by atoms with Crippen LogP contribution in [0.3, 0.4) is 0 Å². The number of hydrogen-bond acceptors (Lipinski definition) is 5. The Morgan fingerprint density at radius 3 is 2.53 bits per heavy atom. The van der Waals surface area contributed by atoms with Gasteiger partial charge in [-0.25, -0.2) is 4.39 Å². The summed E-state index contributed by atoms with van der Waals surface area (Å²) in [6.07, 6.45) is 5.99. The lowest BCUT2D eigenvalue weighted by Crippen LogP contribution is -2.15. The van der Waals surface area contributed by atoms with Crippen molar-refractivity contribution in [3.8, 4) is 28.1 Å². The maximum absolute atomic E-state index is 14.9. The minimum Gasteiger partial charge on any atom is -0.494 e. The first-order chi connectivity index (χ1) is 18.4. The monoisotopic (exact) mass is 513 g/mol. The van der Waals surface area contributed by atoms with E-state index in [-0.39, 0.29) is 29.4 Å². The molecular formula is C31H29F2N3O2. The summed E-state index contributed by atoms with van der Waals surface area (Å²) in [6, 6.07) is 15.8. The van der Waals surface area contributed by atoms with E-state index < -0.39 is 11.6 Å². The number of hydrogen-bond donors (Lipinski definition) is 2. The van der Waals surface area contributed by atoms with Crippen LogP contribution in [0.25, 0.3) is 22.4 Å². The molecule has 1 saturated carbocycles. The molecule has 5 nitrogen and oxygen atoms in total. The normalized spacial score (nSPS) is 13.6. The number of carbonyl (C=O) groups excluding carboxylic acids is 1. The molecule has 194 valence electrons. The lowest BCUT2D eigenvalue weighted by molar-refractivity contribution is 0.0998. The number of halogens is 2. The summed E-state index contributed by atoms with van der Waals surface area (Å²) in [5.74, 6) is -1.98. The van der Waals surface area contributed by atoms with Crippen LogP contribution in [-0.2, 0) is 0 Å². The van der Waals surface area contributed by atoms with Gasteiger partial charge in [0.15, 0.2) is 17.3 Å². The predicted octanol–water partition coefficient (Wildman–Crippen LogP) is 7.97. The molecular weight excluding hydrogens is 484 g/mol. The highest BCUT2D eigenvalue weighted by atomic mass is 19.2. The molecule has 38 heavy (non-hydrogen) atoms. The molecule has 0 spiro atoms. The Bertz CT molecular complexity index is 1490. The summed E-state index contributed by atoms with van der Waals surface area (Å²) in [5, 5.41) is 11.7. The van der Waals surface area contributed by atoms with Gasteiger partial charge in [-0.05, 0) is 67.6 Å². The van der Waals surface area contributed by atoms with Gasteiger partial charge in [-0.2, -0.15) is 4.39 Å². The van der Waals surface area contributed by atoms with Crippen molar-refractivity contribution in [1.82, 2.24) is 4.98 Å². The number of benzene rings is 2. The molecule has 0 unspecified atom stereocenters. The van der Waals surface area contributed by atoms with E-state index >= 15 is 0 Å². The van der Waals surface area contributed by atoms with E-state index in [1.807, 2.05) is 43.3 Å². The number of anilines is 2. The van der Waals surface area contributed by atoms with Crippen molar-refractivity contribution in [2.75, 3.05) is 12.4 Å². The predicted molar refractivity (Wildman–Crippen MR) is 146 cm³/mol. The van der Waals surface area contributed by atoms with E-state index in [4.69, 9.17) is 10.1 Å². The Balaban J connectivity index is 1.39. The van der Waals surface area contributed by atoms with Crippen molar-refractivity contribution in [1.29, 1.82) is 5.41 Å². The van der Waals surface area contributed by atoms with Crippen LogP contribution in [0.5, 0.6) is 5.75 Å². The largest absolute Gasteiger partial charge is 0.494 e. The SMILES string of the molecule is COc1ccc(-c2cnc3c(Nc4ccc(C(=O)CC(=N)C5CCCC5)c(C)c4)ccccc2-3)c(F)c1F. The summed E-state index contributed by atoms with van der Waals surface area (Å²) in [4.78, 5) is 17.4. The Hall–Kier alpha value is -4.13. The summed E-state index contributed by atoms with van der Waals surface area (Å²) >= 11 is 0. The Morgan fingerprint density at radius 1 is 1.03 bits per heavy atom. The van der Waals surface area contributed by atoms with Crippen molar-refractivity contribution in [2.24, 2.45) is 5.92 Å². The fourth-order valence-electron chi connectivity index (χ4n) is 5.27. The Morgan fingerprint density at radius 2 is 1.79 bits per heavy atom. The number of aromatic nitrogens is 1. The Kier molecular flexibility index (Phi) is 7.18. The maximum atomic E-state index is 14.9. The summed E-state index contributed by atoms with van der Waals surface area (Å²) in [7, 11) is 1.29. The molecule has 0 bridgehead atoms. The molecule has 5 rings (SSSR count). The highest BCUT2D eigenvalue weighted by Crippen LogP contribution is 2.40. The molecule has 0 aromatic heterocycles. The van der Waals surface area contributed by atoms with Crippen molar-refractivity contribution >= 4 is 22.9 Å². The molecule has 0 amide bonds. The topological polar surface area (TPSA) is 75.1 Å². The van der Waals surface area contributed by atoms with Crippen molar-refractivity contribution in [3.05, 3.63) is 83.6 Å². The molecule has 7 heteroatoms. The van der Waals surface area contributed by atoms with Gasteiger partial charge in [0, 0.05) is 46.3 Å². The summed E-state index contributed by atoms with van der Waals surface area (Å²) in [5.41, 5.74) is 5.27. The maximum Gasteiger partial charge on any atom is 0.201 e. The van der Waals surface area contributed by atoms with Gasteiger partial charge in [-0.15, -0.1) is 0 Å². The summed E-state index contributed by atoms with van der Waals surface area (Å²) in [6.45, 7) is 1.89. The third-order valence-electron chi connectivity index (χ3n) is 7.32. The van der Waals surface area contributed by atoms with E-state index in [9.17, 15) is 13.6 Å². The van der Waals surface area contributed by atoms with Crippen LogP contribution in [0.15, 0.2) is 60.8 Å². The first-order valence-corrected chi connectivity index (χ1v) is 12.8. The highest BCUT2D eigenvalue weighted by molar-refractivity contribution is 6.10. The van der Waals surface area contributed by atoms with Gasteiger partial charge in [0.25, 0.3) is 0 Å². The molecule has 1 heterocycles. The number of aryl methyl sites for hydroxylation is 1. The molecule has 1 fully saturated rings. The zero-order chi connectivity index (χ0) is 26.8. The standard InChI is InChI=1S/C31H29F2N3O2/c1-18-15-20(11-12-21(18)27(37)16-25(34)19-7-3-4-8-19)36-26-10-6-5-9-23-24(17-35-31(23)26)22-13-14-28(38-2)30(33)29(22)32/h5-6,9-15,17,19,34,36H,3-4,7-8,16H2,1-2H3. The van der Waals surface area contributed by atoms with Gasteiger partial charge < -0.3 is 15.5 Å². The average Bonchev–Trinajstić information content (AvgIpc) is 3.54. The molecule has 1 aliphatic heterocycles. The third-order valence-corrected chi connectivity index (χ3v) is 7.32. The smallest absolute Gasteiger partial charge is 0.201 e. The van der Waals surface area contributed by atoms with Gasteiger partial charge in [0.05, 0.1) is 18.5 Å². The molecule has 2 aromatic rings. The number of nitrogens with one attached hydrogen (secondary N) is 2. The number of nitrogens with zero attached hydrogens (tertiary/aromatic N) is 1. The van der Waals surface area contributed by atoms with Crippen LogP contribution in [0.4, 0.5) is 20.2 Å². The van der Waals surface area contributed by atoms with Crippen LogP contribution in [-0.4, -0.2) is 23.6 Å². The van der Waals surface area contributed by atoms with Gasteiger partial charge in [0.2, 0.25) is 5.82 Å². The molecule has 0 saturated heterocycles. The van der Waals surface area contributed by atoms with E-state index in [0.29, 0.717) is 33.8 Å². The van der Waals surface area contributed by atoms with Gasteiger partial charge in [0.1, 0.15) is 0 Å². The highest BCUT2D eigenvalue weighted by Gasteiger charge is 2.24. The van der Waals surface area contributed by atoms with Gasteiger partial charge >= 0.3 is 0 Å². The fraction of sp³-hybridized carbons (Fsp3) is 0.258. The molecule has 0 radical (unpaired) electrons. The molecule has 2 N–H and O–H groups in total. The lowest BCUT2D eigenvalue weighted by atomic mass is 9.93. The minimum atomic E-state index is -1.04. The lowest BCUT2D eigenvalue weighted by Gasteiger charge is -2.13. The van der Waals surface area contributed by atoms with E-state index in [0.717, 1.165) is 36.9 Å². The van der Waals surface area contributed by atoms with Gasteiger partial charge in [-0.1, -0.05) is 31.0 Å². The van der Waals surface area contributed by atoms with Crippen molar-refractivity contribution in [2.45, 2.75) is 39.0 Å². The average molecular weight is 514 g/mol. The van der Waals surface area contributed by atoms with Crippen LogP contribution in [0.2, 0.25) is 0 Å². The van der Waals surface area contributed by atoms with Crippen LogP contribution in [0, 0.1) is 29.9 Å². The molecule has 2 aromatic carbocycles. The Labute approximate surface area is 220 Å². The second kappa shape index (κ2) is 10.7. The third kappa shape index (κ3) is 4.88. The zero-order valence-corrected chi connectivity index (χ0v) is 21.4. The molecule has 0 atom stereocenters. The van der Waals surface area contributed by atoms with E-state index in [1.165, 1.54) is 25.4 Å². The number of ketones is 1.